The lowest BCUT2D eigenvalue weighted by Gasteiger charge is -2.06. The second-order valence-corrected chi connectivity index (χ2v) is 4.39. The predicted molar refractivity (Wildman–Crippen MR) is 71.4 cm³/mol. The fraction of sp³-hybridized carbons (Fsp3) is 0.308. The van der Waals surface area contributed by atoms with Gasteiger partial charge in [-0.2, -0.15) is 5.10 Å². The zero-order chi connectivity index (χ0) is 13.7. The highest BCUT2D eigenvalue weighted by atomic mass is 35.5. The summed E-state index contributed by atoms with van der Waals surface area (Å²) in [5.74, 6) is 1.18. The molecular weight excluding hydrogens is 266 g/mol. The van der Waals surface area contributed by atoms with Crippen molar-refractivity contribution in [2.75, 3.05) is 6.61 Å². The summed E-state index contributed by atoms with van der Waals surface area (Å²) < 4.78 is 7.07. The highest BCUT2D eigenvalue weighted by Gasteiger charge is 2.10. The van der Waals surface area contributed by atoms with Gasteiger partial charge in [-0.1, -0.05) is 17.7 Å². The average Bonchev–Trinajstić information content (AvgIpc) is 2.84. The SMILES string of the molecule is CCn1ncnc1CC(=O)COc1cccc(Cl)c1. The van der Waals surface area contributed by atoms with Crippen LogP contribution in [0.2, 0.25) is 5.02 Å². The second-order valence-electron chi connectivity index (χ2n) is 3.95. The molecule has 1 aromatic heterocycles. The number of hydrogen-bond donors (Lipinski definition) is 0. The molecule has 6 heteroatoms. The molecule has 0 radical (unpaired) electrons. The number of carbonyl (C=O) groups is 1. The van der Waals surface area contributed by atoms with Crippen molar-refractivity contribution in [1.29, 1.82) is 0 Å². The summed E-state index contributed by atoms with van der Waals surface area (Å²) in [5.41, 5.74) is 0. The largest absolute Gasteiger partial charge is 0.486 e. The molecule has 0 bridgehead atoms. The molecule has 0 unspecified atom stereocenters. The molecule has 100 valence electrons. The maximum Gasteiger partial charge on any atom is 0.177 e. The number of ketones is 1. The summed E-state index contributed by atoms with van der Waals surface area (Å²) in [6.07, 6.45) is 1.67. The summed E-state index contributed by atoms with van der Waals surface area (Å²) in [6, 6.07) is 6.95. The number of aryl methyl sites for hydroxylation is 1. The molecule has 19 heavy (non-hydrogen) atoms. The van der Waals surface area contributed by atoms with Crippen molar-refractivity contribution >= 4 is 17.4 Å². The Labute approximate surface area is 116 Å². The average molecular weight is 280 g/mol. The van der Waals surface area contributed by atoms with E-state index in [0.717, 1.165) is 0 Å². The van der Waals surface area contributed by atoms with E-state index in [2.05, 4.69) is 10.1 Å². The van der Waals surface area contributed by atoms with Crippen molar-refractivity contribution in [2.24, 2.45) is 0 Å². The summed E-state index contributed by atoms with van der Waals surface area (Å²) in [5, 5.41) is 4.59. The zero-order valence-corrected chi connectivity index (χ0v) is 11.3. The molecule has 0 fully saturated rings. The zero-order valence-electron chi connectivity index (χ0n) is 10.5. The first kappa shape index (κ1) is 13.5. The van der Waals surface area contributed by atoms with Crippen LogP contribution in [0.4, 0.5) is 0 Å². The van der Waals surface area contributed by atoms with Gasteiger partial charge in [0, 0.05) is 11.6 Å². The van der Waals surface area contributed by atoms with Gasteiger partial charge in [-0.3, -0.25) is 4.79 Å². The lowest BCUT2D eigenvalue weighted by atomic mass is 10.3. The molecule has 2 rings (SSSR count). The van der Waals surface area contributed by atoms with Crippen molar-refractivity contribution in [2.45, 2.75) is 19.9 Å². The van der Waals surface area contributed by atoms with Crippen LogP contribution in [0.25, 0.3) is 0 Å². The van der Waals surface area contributed by atoms with Crippen LogP contribution < -0.4 is 4.74 Å². The molecule has 1 heterocycles. The Bertz CT molecular complexity index is 569. The van der Waals surface area contributed by atoms with E-state index in [0.29, 0.717) is 23.1 Å². The normalized spacial score (nSPS) is 10.4. The molecule has 0 amide bonds. The van der Waals surface area contributed by atoms with E-state index in [1.54, 1.807) is 28.9 Å². The van der Waals surface area contributed by atoms with Crippen LogP contribution in [0, 0.1) is 0 Å². The molecule has 0 aliphatic heterocycles. The summed E-state index contributed by atoms with van der Waals surface area (Å²) >= 11 is 5.83. The van der Waals surface area contributed by atoms with Crippen molar-refractivity contribution in [1.82, 2.24) is 14.8 Å². The van der Waals surface area contributed by atoms with Gasteiger partial charge in [-0.15, -0.1) is 0 Å². The molecule has 0 spiro atoms. The lowest BCUT2D eigenvalue weighted by Crippen LogP contribution is -2.17. The molecule has 0 atom stereocenters. The van der Waals surface area contributed by atoms with Crippen LogP contribution in [0.5, 0.6) is 5.75 Å². The lowest BCUT2D eigenvalue weighted by molar-refractivity contribution is -0.120. The van der Waals surface area contributed by atoms with Gasteiger partial charge in [0.25, 0.3) is 0 Å². The van der Waals surface area contributed by atoms with Crippen LogP contribution in [0.1, 0.15) is 12.7 Å². The Kier molecular flexibility index (Phi) is 4.52. The highest BCUT2D eigenvalue weighted by molar-refractivity contribution is 6.30. The van der Waals surface area contributed by atoms with E-state index >= 15 is 0 Å². The van der Waals surface area contributed by atoms with Crippen molar-refractivity contribution in [3.63, 3.8) is 0 Å². The quantitative estimate of drug-likeness (QED) is 0.813. The molecule has 5 nitrogen and oxygen atoms in total. The van der Waals surface area contributed by atoms with Gasteiger partial charge in [0.15, 0.2) is 5.78 Å². The summed E-state index contributed by atoms with van der Waals surface area (Å²) in [4.78, 5) is 15.8. The molecule has 0 N–H and O–H groups in total. The van der Waals surface area contributed by atoms with Crippen molar-refractivity contribution in [3.8, 4) is 5.75 Å². The maximum atomic E-state index is 11.8. The number of hydrogen-bond acceptors (Lipinski definition) is 4. The standard InChI is InChI=1S/C13H14ClN3O2/c1-2-17-13(15-9-16-17)7-11(18)8-19-12-5-3-4-10(14)6-12/h3-6,9H,2,7-8H2,1H3. The topological polar surface area (TPSA) is 57.0 Å². The first-order chi connectivity index (χ1) is 9.19. The van der Waals surface area contributed by atoms with Crippen LogP contribution >= 0.6 is 11.6 Å². The first-order valence-corrected chi connectivity index (χ1v) is 6.33. The number of carbonyl (C=O) groups excluding carboxylic acids is 1. The van der Waals surface area contributed by atoms with Crippen LogP contribution in [-0.2, 0) is 17.8 Å². The third kappa shape index (κ3) is 3.79. The number of aromatic nitrogens is 3. The van der Waals surface area contributed by atoms with E-state index < -0.39 is 0 Å². The highest BCUT2D eigenvalue weighted by Crippen LogP contribution is 2.17. The van der Waals surface area contributed by atoms with Crippen LogP contribution in [-0.4, -0.2) is 27.2 Å². The number of benzene rings is 1. The monoisotopic (exact) mass is 279 g/mol. The van der Waals surface area contributed by atoms with Gasteiger partial charge in [-0.25, -0.2) is 9.67 Å². The van der Waals surface area contributed by atoms with Gasteiger partial charge >= 0.3 is 0 Å². The molecule has 0 aliphatic rings. The van der Waals surface area contributed by atoms with Gasteiger partial charge < -0.3 is 4.74 Å². The molecule has 1 aromatic carbocycles. The smallest absolute Gasteiger partial charge is 0.177 e. The van der Waals surface area contributed by atoms with E-state index in [-0.39, 0.29) is 18.8 Å². The molecular formula is C13H14ClN3O2. The van der Waals surface area contributed by atoms with Crippen molar-refractivity contribution in [3.05, 3.63) is 41.4 Å². The van der Waals surface area contributed by atoms with Crippen LogP contribution in [0.3, 0.4) is 0 Å². The van der Waals surface area contributed by atoms with E-state index in [1.807, 2.05) is 6.92 Å². The summed E-state index contributed by atoms with van der Waals surface area (Å²) in [6.45, 7) is 2.64. The van der Waals surface area contributed by atoms with Gasteiger partial charge in [-0.05, 0) is 25.1 Å². The Morgan fingerprint density at radius 3 is 3.05 bits per heavy atom. The Hall–Kier alpha value is -1.88. The minimum atomic E-state index is -0.0531. The van der Waals surface area contributed by atoms with Gasteiger partial charge in [0.05, 0.1) is 6.42 Å². The Morgan fingerprint density at radius 2 is 2.32 bits per heavy atom. The number of rotatable bonds is 6. The minimum absolute atomic E-state index is 0.00306. The molecule has 0 saturated heterocycles. The molecule has 2 aromatic rings. The van der Waals surface area contributed by atoms with Crippen molar-refractivity contribution < 1.29 is 9.53 Å². The summed E-state index contributed by atoms with van der Waals surface area (Å²) in [7, 11) is 0. The fourth-order valence-corrected chi connectivity index (χ4v) is 1.82. The third-order valence-corrected chi connectivity index (χ3v) is 2.78. The van der Waals surface area contributed by atoms with Gasteiger partial charge in [0.2, 0.25) is 0 Å². The first-order valence-electron chi connectivity index (χ1n) is 5.95. The Balaban J connectivity index is 1.88. The van der Waals surface area contributed by atoms with Crippen LogP contribution in [0.15, 0.2) is 30.6 Å². The van der Waals surface area contributed by atoms with Gasteiger partial charge in [0.1, 0.15) is 24.5 Å². The van der Waals surface area contributed by atoms with E-state index in [9.17, 15) is 4.79 Å². The molecule has 0 aliphatic carbocycles. The minimum Gasteiger partial charge on any atom is -0.486 e. The number of nitrogens with zero attached hydrogens (tertiary/aromatic N) is 3. The number of Topliss-reactive ketones (excluding diaryl/α,β-unsaturated/α-hetero) is 1. The Morgan fingerprint density at radius 1 is 1.47 bits per heavy atom. The predicted octanol–water partition coefficient (Wildman–Crippen LogP) is 2.14. The maximum absolute atomic E-state index is 11.8. The molecule has 0 saturated carbocycles. The van der Waals surface area contributed by atoms with E-state index in [4.69, 9.17) is 16.3 Å². The second kappa shape index (κ2) is 6.33. The van der Waals surface area contributed by atoms with E-state index in [1.165, 1.54) is 6.33 Å². The number of ether oxygens (including phenoxy) is 1. The fourth-order valence-electron chi connectivity index (χ4n) is 1.64. The third-order valence-electron chi connectivity index (χ3n) is 2.55. The number of halogens is 1.